The summed E-state index contributed by atoms with van der Waals surface area (Å²) in [6.07, 6.45) is -3.53. The second-order valence-corrected chi connectivity index (χ2v) is 9.15. The van der Waals surface area contributed by atoms with Crippen LogP contribution in [0, 0.1) is 0 Å². The number of hydrogen-bond acceptors (Lipinski definition) is 8. The van der Waals surface area contributed by atoms with Crippen molar-refractivity contribution in [1.82, 2.24) is 5.43 Å². The lowest BCUT2D eigenvalue weighted by Gasteiger charge is -2.13. The fourth-order valence-corrected chi connectivity index (χ4v) is 4.23. The van der Waals surface area contributed by atoms with Crippen LogP contribution in [0.1, 0.15) is 16.7 Å². The number of halogens is 3. The number of hydrogen-bond donors (Lipinski definition) is 1. The van der Waals surface area contributed by atoms with Crippen LogP contribution in [0.5, 0.6) is 23.0 Å². The van der Waals surface area contributed by atoms with E-state index in [2.05, 4.69) is 10.5 Å². The molecule has 0 unspecified atom stereocenters. The summed E-state index contributed by atoms with van der Waals surface area (Å²) in [6, 6.07) is 12.0. The van der Waals surface area contributed by atoms with Crippen LogP contribution in [0.4, 0.5) is 13.2 Å². The molecule has 0 aliphatic rings. The van der Waals surface area contributed by atoms with Gasteiger partial charge in [0.05, 0.1) is 39.5 Å². The minimum absolute atomic E-state index is 0.0888. The van der Waals surface area contributed by atoms with Crippen LogP contribution >= 0.6 is 0 Å². The maximum absolute atomic E-state index is 12.8. The number of nitrogens with one attached hydrogen (secondary N) is 1. The van der Waals surface area contributed by atoms with E-state index in [0.717, 1.165) is 12.1 Å². The number of carbonyl (C=O) groups excluding carboxylic acids is 1. The molecule has 1 amide bonds. The van der Waals surface area contributed by atoms with Crippen molar-refractivity contribution in [3.63, 3.8) is 0 Å². The standard InChI is InChI=1S/C25H23F3N2O7S/c1-34-21-12-16(13-22(35-2)24(21)36-3)14-23(31)30-29-15-17-6-4-5-7-20(17)37-38(32,33)19-10-8-18(9-11-19)25(26,27)28/h4-13,15H,14H2,1-3H3,(H,30,31). The fraction of sp³-hybridized carbons (Fsp3) is 0.200. The fourth-order valence-electron chi connectivity index (χ4n) is 3.28. The van der Waals surface area contributed by atoms with Gasteiger partial charge in [0.25, 0.3) is 0 Å². The summed E-state index contributed by atoms with van der Waals surface area (Å²) in [6.45, 7) is 0. The van der Waals surface area contributed by atoms with E-state index in [4.69, 9.17) is 18.4 Å². The Bertz CT molecular complexity index is 1400. The van der Waals surface area contributed by atoms with Crippen LogP contribution in [0.25, 0.3) is 0 Å². The average molecular weight is 553 g/mol. The van der Waals surface area contributed by atoms with Crippen LogP contribution in [-0.4, -0.2) is 41.9 Å². The number of hydrazone groups is 1. The van der Waals surface area contributed by atoms with Gasteiger partial charge in [0.15, 0.2) is 17.2 Å². The van der Waals surface area contributed by atoms with Crippen molar-refractivity contribution in [3.8, 4) is 23.0 Å². The quantitative estimate of drug-likeness (QED) is 0.228. The Hall–Kier alpha value is -4.26. The van der Waals surface area contributed by atoms with Gasteiger partial charge in [-0.05, 0) is 54.1 Å². The maximum atomic E-state index is 12.8. The SMILES string of the molecule is COc1cc(CC(=O)NN=Cc2ccccc2OS(=O)(=O)c2ccc(C(F)(F)F)cc2)cc(OC)c1OC. The summed E-state index contributed by atoms with van der Waals surface area (Å²) < 4.78 is 84.4. The van der Waals surface area contributed by atoms with E-state index in [-0.39, 0.29) is 17.7 Å². The molecule has 0 aliphatic heterocycles. The number of amides is 1. The molecule has 0 spiro atoms. The number of alkyl halides is 3. The first kappa shape index (κ1) is 28.3. The largest absolute Gasteiger partial charge is 0.493 e. The van der Waals surface area contributed by atoms with Crippen LogP contribution in [-0.2, 0) is 27.5 Å². The zero-order valence-electron chi connectivity index (χ0n) is 20.4. The van der Waals surface area contributed by atoms with Gasteiger partial charge in [0.2, 0.25) is 11.7 Å². The molecular formula is C25H23F3N2O7S. The normalized spacial score (nSPS) is 11.7. The highest BCUT2D eigenvalue weighted by atomic mass is 32.2. The Morgan fingerprint density at radius 2 is 1.53 bits per heavy atom. The van der Waals surface area contributed by atoms with Gasteiger partial charge in [-0.15, -0.1) is 0 Å². The lowest BCUT2D eigenvalue weighted by atomic mass is 10.1. The van der Waals surface area contributed by atoms with Gasteiger partial charge in [-0.2, -0.15) is 26.7 Å². The highest BCUT2D eigenvalue weighted by Crippen LogP contribution is 2.38. The summed E-state index contributed by atoms with van der Waals surface area (Å²) >= 11 is 0. The smallest absolute Gasteiger partial charge is 0.416 e. The molecule has 3 aromatic rings. The van der Waals surface area contributed by atoms with E-state index >= 15 is 0 Å². The molecule has 0 heterocycles. The van der Waals surface area contributed by atoms with Gasteiger partial charge in [-0.1, -0.05) is 12.1 Å². The second-order valence-electron chi connectivity index (χ2n) is 7.60. The average Bonchev–Trinajstić information content (AvgIpc) is 2.88. The third-order valence-corrected chi connectivity index (χ3v) is 6.32. The molecule has 13 heteroatoms. The molecule has 38 heavy (non-hydrogen) atoms. The molecule has 0 aromatic heterocycles. The van der Waals surface area contributed by atoms with Crippen LogP contribution in [0.3, 0.4) is 0 Å². The van der Waals surface area contributed by atoms with Gasteiger partial charge in [0.1, 0.15) is 4.90 Å². The lowest BCUT2D eigenvalue weighted by molar-refractivity contribution is -0.137. The Kier molecular flexibility index (Phi) is 8.84. The van der Waals surface area contributed by atoms with Crippen molar-refractivity contribution in [2.75, 3.05) is 21.3 Å². The van der Waals surface area contributed by atoms with E-state index in [0.29, 0.717) is 34.9 Å². The van der Waals surface area contributed by atoms with Crippen molar-refractivity contribution in [1.29, 1.82) is 0 Å². The minimum Gasteiger partial charge on any atom is -0.493 e. The summed E-state index contributed by atoms with van der Waals surface area (Å²) in [5, 5.41) is 3.85. The zero-order chi connectivity index (χ0) is 27.9. The monoisotopic (exact) mass is 552 g/mol. The summed E-state index contributed by atoms with van der Waals surface area (Å²) in [5.74, 6) is 0.485. The molecule has 0 aliphatic carbocycles. The number of nitrogens with zero attached hydrogens (tertiary/aromatic N) is 1. The van der Waals surface area contributed by atoms with Crippen molar-refractivity contribution >= 4 is 22.2 Å². The predicted molar refractivity (Wildman–Crippen MR) is 131 cm³/mol. The number of ether oxygens (including phenoxy) is 3. The number of methoxy groups -OCH3 is 3. The molecule has 0 fully saturated rings. The third-order valence-electron chi connectivity index (χ3n) is 5.07. The van der Waals surface area contributed by atoms with E-state index in [1.807, 2.05) is 0 Å². The van der Waals surface area contributed by atoms with Crippen molar-refractivity contribution in [3.05, 3.63) is 77.4 Å². The van der Waals surface area contributed by atoms with Crippen molar-refractivity contribution < 1.29 is 44.8 Å². The van der Waals surface area contributed by atoms with E-state index in [9.17, 15) is 26.4 Å². The highest BCUT2D eigenvalue weighted by molar-refractivity contribution is 7.87. The van der Waals surface area contributed by atoms with Gasteiger partial charge >= 0.3 is 16.3 Å². The number of benzene rings is 3. The molecule has 0 radical (unpaired) electrons. The van der Waals surface area contributed by atoms with Gasteiger partial charge < -0.3 is 18.4 Å². The van der Waals surface area contributed by atoms with E-state index < -0.39 is 32.7 Å². The van der Waals surface area contributed by atoms with Crippen molar-refractivity contribution in [2.45, 2.75) is 17.5 Å². The topological polar surface area (TPSA) is 113 Å². The molecule has 0 bridgehead atoms. The Morgan fingerprint density at radius 1 is 0.921 bits per heavy atom. The zero-order valence-corrected chi connectivity index (χ0v) is 21.2. The van der Waals surface area contributed by atoms with Gasteiger partial charge in [-0.3, -0.25) is 4.79 Å². The van der Waals surface area contributed by atoms with Crippen LogP contribution in [0.15, 0.2) is 70.7 Å². The number of para-hydroxylation sites is 1. The first-order valence-electron chi connectivity index (χ1n) is 10.8. The first-order valence-corrected chi connectivity index (χ1v) is 12.2. The minimum atomic E-state index is -4.61. The summed E-state index contributed by atoms with van der Waals surface area (Å²) in [5.41, 5.74) is 2.08. The van der Waals surface area contributed by atoms with Crippen molar-refractivity contribution in [2.24, 2.45) is 5.10 Å². The highest BCUT2D eigenvalue weighted by Gasteiger charge is 2.31. The molecule has 0 saturated carbocycles. The number of rotatable bonds is 10. The molecule has 1 N–H and O–H groups in total. The summed E-state index contributed by atoms with van der Waals surface area (Å²) in [7, 11) is -0.0991. The maximum Gasteiger partial charge on any atom is 0.416 e. The molecular weight excluding hydrogens is 529 g/mol. The molecule has 0 saturated heterocycles. The summed E-state index contributed by atoms with van der Waals surface area (Å²) in [4.78, 5) is 11.9. The predicted octanol–water partition coefficient (Wildman–Crippen LogP) is 4.19. The molecule has 9 nitrogen and oxygen atoms in total. The Morgan fingerprint density at radius 3 is 2.08 bits per heavy atom. The van der Waals surface area contributed by atoms with Gasteiger partial charge in [-0.25, -0.2) is 5.43 Å². The third kappa shape index (κ3) is 6.94. The molecule has 202 valence electrons. The Balaban J connectivity index is 1.71. The molecule has 3 aromatic carbocycles. The Labute approximate surface area is 216 Å². The first-order chi connectivity index (χ1) is 18.0. The second kappa shape index (κ2) is 11.9. The molecule has 0 atom stereocenters. The number of carbonyl (C=O) groups is 1. The molecule has 3 rings (SSSR count). The van der Waals surface area contributed by atoms with E-state index in [1.165, 1.54) is 45.7 Å². The van der Waals surface area contributed by atoms with Crippen LogP contribution in [0.2, 0.25) is 0 Å². The van der Waals surface area contributed by atoms with Crippen LogP contribution < -0.4 is 23.8 Å². The lowest BCUT2D eigenvalue weighted by Crippen LogP contribution is -2.20. The van der Waals surface area contributed by atoms with E-state index in [1.54, 1.807) is 18.2 Å². The van der Waals surface area contributed by atoms with Gasteiger partial charge in [0, 0.05) is 5.56 Å².